The molecule has 1 aromatic carbocycles. The number of aliphatic hydroxyl groups excluding tert-OH is 1. The van der Waals surface area contributed by atoms with E-state index in [1.165, 1.54) is 6.07 Å². The molecule has 1 saturated heterocycles. The zero-order valence-corrected chi connectivity index (χ0v) is 17.0. The van der Waals surface area contributed by atoms with Crippen LogP contribution in [0.2, 0.25) is 0 Å². The summed E-state index contributed by atoms with van der Waals surface area (Å²) < 4.78 is 38.1. The Labute approximate surface area is 178 Å². The van der Waals surface area contributed by atoms with Gasteiger partial charge in [0, 0.05) is 30.9 Å². The molecule has 1 aliphatic rings. The van der Waals surface area contributed by atoms with Crippen LogP contribution >= 0.6 is 0 Å². The number of aryl methyl sites for hydroxylation is 1. The Morgan fingerprint density at radius 1 is 1.13 bits per heavy atom. The van der Waals surface area contributed by atoms with Crippen molar-refractivity contribution in [1.29, 1.82) is 0 Å². The Morgan fingerprint density at radius 3 is 2.61 bits per heavy atom. The molecule has 0 aliphatic carbocycles. The summed E-state index contributed by atoms with van der Waals surface area (Å²) >= 11 is 0. The van der Waals surface area contributed by atoms with Crippen molar-refractivity contribution >= 4 is 11.5 Å². The maximum absolute atomic E-state index is 12.7. The highest BCUT2D eigenvalue weighted by molar-refractivity contribution is 5.66. The lowest BCUT2D eigenvalue weighted by Crippen LogP contribution is -2.27. The predicted molar refractivity (Wildman–Crippen MR) is 114 cm³/mol. The molecule has 0 unspecified atom stereocenters. The lowest BCUT2D eigenvalue weighted by Gasteiger charge is -2.22. The number of halogens is 3. The van der Waals surface area contributed by atoms with Gasteiger partial charge in [-0.3, -0.25) is 0 Å². The lowest BCUT2D eigenvalue weighted by molar-refractivity contribution is -0.137. The number of rotatable bonds is 5. The topological polar surface area (TPSA) is 61.3 Å². The molecule has 5 nitrogen and oxygen atoms in total. The first-order chi connectivity index (χ1) is 14.8. The summed E-state index contributed by atoms with van der Waals surface area (Å²) in [5, 5.41) is 13.1. The standard InChI is InChI=1S/C23H23F3N4O/c1-15-4-2-3-5-18(15)19-7-8-21(20(14-31)29-19)30-11-10-17(13-30)28-22-9-6-16(12-27-22)23(24,25)26/h2-9,12,17,31H,10-11,13-14H2,1H3,(H,27,28)/t17-/m0/s1. The summed E-state index contributed by atoms with van der Waals surface area (Å²) in [5.74, 6) is 0.412. The summed E-state index contributed by atoms with van der Waals surface area (Å²) in [6.07, 6.45) is -2.76. The predicted octanol–water partition coefficient (Wildman–Crippen LogP) is 4.65. The van der Waals surface area contributed by atoms with Crippen molar-refractivity contribution in [3.8, 4) is 11.3 Å². The van der Waals surface area contributed by atoms with Crippen LogP contribution in [-0.2, 0) is 12.8 Å². The van der Waals surface area contributed by atoms with Gasteiger partial charge in [-0.1, -0.05) is 24.3 Å². The second kappa shape index (κ2) is 8.55. The van der Waals surface area contributed by atoms with E-state index in [1.54, 1.807) is 0 Å². The van der Waals surface area contributed by atoms with E-state index in [0.29, 0.717) is 18.1 Å². The smallest absolute Gasteiger partial charge is 0.390 e. The van der Waals surface area contributed by atoms with Crippen molar-refractivity contribution in [2.24, 2.45) is 0 Å². The van der Waals surface area contributed by atoms with Gasteiger partial charge in [0.05, 0.1) is 29.2 Å². The first kappa shape index (κ1) is 21.1. The van der Waals surface area contributed by atoms with Crippen LogP contribution < -0.4 is 10.2 Å². The molecule has 0 amide bonds. The molecule has 0 bridgehead atoms. The number of anilines is 2. The molecule has 8 heteroatoms. The van der Waals surface area contributed by atoms with Crippen LogP contribution in [0.25, 0.3) is 11.3 Å². The number of alkyl halides is 3. The third-order valence-electron chi connectivity index (χ3n) is 5.49. The number of hydrogen-bond acceptors (Lipinski definition) is 5. The van der Waals surface area contributed by atoms with E-state index in [1.807, 2.05) is 43.3 Å². The van der Waals surface area contributed by atoms with Gasteiger partial charge in [-0.25, -0.2) is 9.97 Å². The van der Waals surface area contributed by atoms with Gasteiger partial charge in [0.25, 0.3) is 0 Å². The second-order valence-corrected chi connectivity index (χ2v) is 7.64. The van der Waals surface area contributed by atoms with E-state index < -0.39 is 11.7 Å². The van der Waals surface area contributed by atoms with Crippen LogP contribution in [0, 0.1) is 6.92 Å². The minimum Gasteiger partial charge on any atom is -0.390 e. The third kappa shape index (κ3) is 4.64. The largest absolute Gasteiger partial charge is 0.417 e. The summed E-state index contributed by atoms with van der Waals surface area (Å²) in [4.78, 5) is 10.7. The van der Waals surface area contributed by atoms with Crippen LogP contribution in [0.5, 0.6) is 0 Å². The number of aromatic nitrogens is 2. The van der Waals surface area contributed by atoms with E-state index in [4.69, 9.17) is 0 Å². The van der Waals surface area contributed by atoms with Gasteiger partial charge in [0.2, 0.25) is 0 Å². The monoisotopic (exact) mass is 428 g/mol. The molecule has 0 radical (unpaired) electrons. The lowest BCUT2D eigenvalue weighted by atomic mass is 10.0. The summed E-state index contributed by atoms with van der Waals surface area (Å²) in [6, 6.07) is 14.3. The van der Waals surface area contributed by atoms with Gasteiger partial charge in [-0.15, -0.1) is 0 Å². The number of nitrogens with one attached hydrogen (secondary N) is 1. The minimum atomic E-state index is -4.40. The molecule has 2 aromatic heterocycles. The maximum atomic E-state index is 12.7. The van der Waals surface area contributed by atoms with E-state index >= 15 is 0 Å². The molecule has 31 heavy (non-hydrogen) atoms. The highest BCUT2D eigenvalue weighted by atomic mass is 19.4. The summed E-state index contributed by atoms with van der Waals surface area (Å²) in [5.41, 5.74) is 3.66. The number of pyridine rings is 2. The third-order valence-corrected chi connectivity index (χ3v) is 5.49. The zero-order chi connectivity index (χ0) is 22.0. The van der Waals surface area contributed by atoms with E-state index in [9.17, 15) is 18.3 Å². The fourth-order valence-corrected chi connectivity index (χ4v) is 3.86. The Morgan fingerprint density at radius 2 is 1.94 bits per heavy atom. The molecule has 1 fully saturated rings. The summed E-state index contributed by atoms with van der Waals surface area (Å²) in [7, 11) is 0. The average Bonchev–Trinajstić information content (AvgIpc) is 3.21. The Balaban J connectivity index is 1.47. The van der Waals surface area contributed by atoms with Crippen LogP contribution in [0.3, 0.4) is 0 Å². The Kier molecular flexibility index (Phi) is 5.82. The minimum absolute atomic E-state index is 0.0341. The second-order valence-electron chi connectivity index (χ2n) is 7.64. The van der Waals surface area contributed by atoms with Crippen molar-refractivity contribution in [2.75, 3.05) is 23.3 Å². The maximum Gasteiger partial charge on any atom is 0.417 e. The van der Waals surface area contributed by atoms with Gasteiger partial charge in [0.1, 0.15) is 5.82 Å². The molecular formula is C23H23F3N4O. The van der Waals surface area contributed by atoms with Crippen molar-refractivity contribution in [1.82, 2.24) is 9.97 Å². The quantitative estimate of drug-likeness (QED) is 0.619. The molecule has 1 aliphatic heterocycles. The first-order valence-corrected chi connectivity index (χ1v) is 10.1. The number of hydrogen-bond donors (Lipinski definition) is 2. The zero-order valence-electron chi connectivity index (χ0n) is 17.0. The number of aliphatic hydroxyl groups is 1. The fourth-order valence-electron chi connectivity index (χ4n) is 3.86. The van der Waals surface area contributed by atoms with Crippen molar-refractivity contribution in [3.63, 3.8) is 0 Å². The SMILES string of the molecule is Cc1ccccc1-c1ccc(N2CC[C@H](Nc3ccc(C(F)(F)F)cn3)C2)c(CO)n1. The molecule has 3 aromatic rings. The average molecular weight is 428 g/mol. The normalized spacial score (nSPS) is 16.5. The van der Waals surface area contributed by atoms with E-state index in [0.717, 1.165) is 47.7 Å². The van der Waals surface area contributed by atoms with Gasteiger partial charge in [0.15, 0.2) is 0 Å². The molecule has 4 rings (SSSR count). The van der Waals surface area contributed by atoms with Crippen molar-refractivity contribution in [2.45, 2.75) is 32.2 Å². The molecule has 1 atom stereocenters. The van der Waals surface area contributed by atoms with Gasteiger partial charge in [-0.05, 0) is 43.2 Å². The fraction of sp³-hybridized carbons (Fsp3) is 0.304. The Hall–Kier alpha value is -3.13. The first-order valence-electron chi connectivity index (χ1n) is 10.1. The Bertz CT molecular complexity index is 1050. The molecule has 0 spiro atoms. The van der Waals surface area contributed by atoms with Gasteiger partial charge >= 0.3 is 6.18 Å². The molecule has 0 saturated carbocycles. The number of benzene rings is 1. The van der Waals surface area contributed by atoms with Crippen molar-refractivity contribution < 1.29 is 18.3 Å². The van der Waals surface area contributed by atoms with Gasteiger partial charge < -0.3 is 15.3 Å². The highest BCUT2D eigenvalue weighted by Crippen LogP contribution is 2.31. The van der Waals surface area contributed by atoms with Crippen LogP contribution in [0.4, 0.5) is 24.7 Å². The van der Waals surface area contributed by atoms with Crippen LogP contribution in [0.15, 0.2) is 54.7 Å². The molecule has 2 N–H and O–H groups in total. The molecule has 162 valence electrons. The molecule has 3 heterocycles. The van der Waals surface area contributed by atoms with E-state index in [2.05, 4.69) is 20.2 Å². The van der Waals surface area contributed by atoms with Crippen LogP contribution in [0.1, 0.15) is 23.2 Å². The molecular weight excluding hydrogens is 405 g/mol. The van der Waals surface area contributed by atoms with E-state index in [-0.39, 0.29) is 12.6 Å². The highest BCUT2D eigenvalue weighted by Gasteiger charge is 2.31. The number of nitrogens with zero attached hydrogens (tertiary/aromatic N) is 3. The van der Waals surface area contributed by atoms with Gasteiger partial charge in [-0.2, -0.15) is 13.2 Å². The van der Waals surface area contributed by atoms with Crippen LogP contribution in [-0.4, -0.2) is 34.2 Å². The van der Waals surface area contributed by atoms with Crippen molar-refractivity contribution in [3.05, 3.63) is 71.5 Å². The summed E-state index contributed by atoms with van der Waals surface area (Å²) in [6.45, 7) is 3.23.